The van der Waals surface area contributed by atoms with Crippen LogP contribution in [0.15, 0.2) is 56.5 Å². The molecule has 2 aromatic rings. The van der Waals surface area contributed by atoms with Crippen molar-refractivity contribution in [2.24, 2.45) is 4.99 Å². The molecule has 0 saturated heterocycles. The molecule has 1 aromatic heterocycles. The number of nitrogens with one attached hydrogen (secondary N) is 1. The molecule has 0 bridgehead atoms. The molecule has 6 heteroatoms. The number of carbonyl (C=O) groups is 2. The third-order valence-electron chi connectivity index (χ3n) is 3.31. The lowest BCUT2D eigenvalue weighted by molar-refractivity contribution is -0.119. The summed E-state index contributed by atoms with van der Waals surface area (Å²) in [6.45, 7) is 0.921. The third kappa shape index (κ3) is 6.12. The summed E-state index contributed by atoms with van der Waals surface area (Å²) in [4.78, 5) is 28.0. The summed E-state index contributed by atoms with van der Waals surface area (Å²) < 4.78 is 5.86. The van der Waals surface area contributed by atoms with Crippen molar-refractivity contribution >= 4 is 33.8 Å². The van der Waals surface area contributed by atoms with Gasteiger partial charge in [0, 0.05) is 30.4 Å². The van der Waals surface area contributed by atoms with Crippen molar-refractivity contribution in [3.63, 3.8) is 0 Å². The summed E-state index contributed by atoms with van der Waals surface area (Å²) in [5.41, 5.74) is 0.567. The fourth-order valence-corrected chi connectivity index (χ4v) is 2.53. The second kappa shape index (κ2) is 9.82. The van der Waals surface area contributed by atoms with Gasteiger partial charge in [-0.25, -0.2) is 0 Å². The highest BCUT2D eigenvalue weighted by Gasteiger charge is 2.09. The van der Waals surface area contributed by atoms with Crippen LogP contribution in [-0.2, 0) is 4.79 Å². The molecule has 126 valence electrons. The van der Waals surface area contributed by atoms with Crippen molar-refractivity contribution in [2.75, 3.05) is 13.1 Å². The van der Waals surface area contributed by atoms with Gasteiger partial charge in [0.2, 0.25) is 0 Å². The fourth-order valence-electron chi connectivity index (χ4n) is 2.07. The van der Waals surface area contributed by atoms with Gasteiger partial charge < -0.3 is 9.73 Å². The van der Waals surface area contributed by atoms with Crippen molar-refractivity contribution in [3.8, 4) is 0 Å². The Bertz CT molecular complexity index is 696. The minimum absolute atomic E-state index is 0.121. The lowest BCUT2D eigenvalue weighted by Crippen LogP contribution is -2.26. The number of hydrogen-bond donors (Lipinski definition) is 1. The monoisotopic (exact) mass is 390 g/mol. The highest BCUT2D eigenvalue weighted by atomic mass is 79.9. The van der Waals surface area contributed by atoms with Gasteiger partial charge >= 0.3 is 0 Å². The molecule has 5 nitrogen and oxygen atoms in total. The average molecular weight is 391 g/mol. The maximum atomic E-state index is 12.0. The van der Waals surface area contributed by atoms with Gasteiger partial charge in [0.05, 0.1) is 18.0 Å². The highest BCUT2D eigenvalue weighted by Crippen LogP contribution is 2.15. The van der Waals surface area contributed by atoms with E-state index in [2.05, 4.69) is 26.2 Å². The zero-order valence-corrected chi connectivity index (χ0v) is 14.8. The van der Waals surface area contributed by atoms with E-state index >= 15 is 0 Å². The van der Waals surface area contributed by atoms with Gasteiger partial charge in [0.25, 0.3) is 5.91 Å². The molecule has 1 heterocycles. The number of Topliss-reactive ketones (excluding diaryl/α,β-unsaturated/α-hetero) is 1. The van der Waals surface area contributed by atoms with Crippen LogP contribution in [0.25, 0.3) is 0 Å². The molecular weight excluding hydrogens is 372 g/mol. The molecule has 0 aliphatic carbocycles. The van der Waals surface area contributed by atoms with E-state index in [1.54, 1.807) is 30.7 Å². The first kappa shape index (κ1) is 18.1. The van der Waals surface area contributed by atoms with Crippen LogP contribution in [0.3, 0.4) is 0 Å². The fraction of sp³-hybridized carbons (Fsp3) is 0.278. The second-order valence-corrected chi connectivity index (χ2v) is 6.03. The molecule has 1 amide bonds. The molecule has 24 heavy (non-hydrogen) atoms. The first-order chi connectivity index (χ1) is 11.7. The second-order valence-electron chi connectivity index (χ2n) is 5.18. The minimum Gasteiger partial charge on any atom is -0.463 e. The Labute approximate surface area is 149 Å². The Balaban J connectivity index is 1.59. The zero-order chi connectivity index (χ0) is 17.2. The van der Waals surface area contributed by atoms with Crippen LogP contribution >= 0.6 is 15.9 Å². The van der Waals surface area contributed by atoms with Crippen molar-refractivity contribution in [1.29, 1.82) is 0 Å². The largest absolute Gasteiger partial charge is 0.463 e. The predicted octanol–water partition coefficient (Wildman–Crippen LogP) is 3.63. The molecule has 0 saturated carbocycles. The van der Waals surface area contributed by atoms with E-state index in [4.69, 9.17) is 4.42 Å². The van der Waals surface area contributed by atoms with Gasteiger partial charge in [0.15, 0.2) is 0 Å². The van der Waals surface area contributed by atoms with E-state index in [0.717, 1.165) is 4.47 Å². The Morgan fingerprint density at radius 3 is 2.75 bits per heavy atom. The zero-order valence-electron chi connectivity index (χ0n) is 13.2. The standard InChI is InChI=1S/C18H19BrN2O3/c19-17-8-2-1-7-16(17)18(23)21-11-9-14(22)5-3-10-20-13-15-6-4-12-24-15/h1-2,4,6-8,12-13H,3,5,9-11H2,(H,21,23). The topological polar surface area (TPSA) is 71.7 Å². The number of carbonyl (C=O) groups excluding carboxylic acids is 2. The molecule has 1 N–H and O–H groups in total. The smallest absolute Gasteiger partial charge is 0.252 e. The molecule has 0 aliphatic heterocycles. The number of aliphatic imine (C=N–C) groups is 1. The number of benzene rings is 1. The van der Waals surface area contributed by atoms with E-state index in [-0.39, 0.29) is 11.7 Å². The van der Waals surface area contributed by atoms with Gasteiger partial charge in [-0.1, -0.05) is 12.1 Å². The van der Waals surface area contributed by atoms with Crippen LogP contribution in [-0.4, -0.2) is 31.0 Å². The van der Waals surface area contributed by atoms with E-state index in [9.17, 15) is 9.59 Å². The van der Waals surface area contributed by atoms with Crippen LogP contribution in [0.4, 0.5) is 0 Å². The van der Waals surface area contributed by atoms with Crippen LogP contribution in [0.1, 0.15) is 35.4 Å². The number of hydrogen-bond acceptors (Lipinski definition) is 4. The summed E-state index contributed by atoms with van der Waals surface area (Å²) in [6.07, 6.45) is 4.72. The van der Waals surface area contributed by atoms with Gasteiger partial charge in [0.1, 0.15) is 11.5 Å². The molecule has 1 aromatic carbocycles. The molecule has 0 atom stereocenters. The van der Waals surface area contributed by atoms with Gasteiger partial charge in [-0.3, -0.25) is 14.6 Å². The van der Waals surface area contributed by atoms with E-state index in [1.165, 1.54) is 0 Å². The van der Waals surface area contributed by atoms with Crippen LogP contribution < -0.4 is 5.32 Å². The SMILES string of the molecule is O=C(CCCN=Cc1ccco1)CCNC(=O)c1ccccc1Br. The van der Waals surface area contributed by atoms with Crippen LogP contribution in [0.5, 0.6) is 0 Å². The van der Waals surface area contributed by atoms with Crippen molar-refractivity contribution in [1.82, 2.24) is 5.32 Å². The molecule has 0 aliphatic rings. The maximum Gasteiger partial charge on any atom is 0.252 e. The summed E-state index contributed by atoms with van der Waals surface area (Å²) in [7, 11) is 0. The van der Waals surface area contributed by atoms with Crippen molar-refractivity contribution in [2.45, 2.75) is 19.3 Å². The van der Waals surface area contributed by atoms with Gasteiger partial charge in [-0.15, -0.1) is 0 Å². The van der Waals surface area contributed by atoms with Crippen LogP contribution in [0.2, 0.25) is 0 Å². The average Bonchev–Trinajstić information content (AvgIpc) is 3.08. The number of amides is 1. The quantitative estimate of drug-likeness (QED) is 0.524. The summed E-state index contributed by atoms with van der Waals surface area (Å²) in [5.74, 6) is 0.644. The lowest BCUT2D eigenvalue weighted by atomic mass is 10.1. The lowest BCUT2D eigenvalue weighted by Gasteiger charge is -2.06. The molecule has 0 fully saturated rings. The van der Waals surface area contributed by atoms with Crippen molar-refractivity contribution in [3.05, 3.63) is 58.5 Å². The van der Waals surface area contributed by atoms with E-state index in [0.29, 0.717) is 43.7 Å². The van der Waals surface area contributed by atoms with Gasteiger partial charge in [-0.2, -0.15) is 0 Å². The first-order valence-corrected chi connectivity index (χ1v) is 8.54. The van der Waals surface area contributed by atoms with Crippen molar-refractivity contribution < 1.29 is 14.0 Å². The first-order valence-electron chi connectivity index (χ1n) is 7.74. The Hall–Kier alpha value is -2.21. The maximum absolute atomic E-state index is 12.0. The molecule has 0 unspecified atom stereocenters. The minimum atomic E-state index is -0.182. The Kier molecular flexibility index (Phi) is 7.42. The Morgan fingerprint density at radius 2 is 2.00 bits per heavy atom. The highest BCUT2D eigenvalue weighted by molar-refractivity contribution is 9.10. The summed E-state index contributed by atoms with van der Waals surface area (Å²) in [6, 6.07) is 10.8. The predicted molar refractivity (Wildman–Crippen MR) is 96.5 cm³/mol. The summed E-state index contributed by atoms with van der Waals surface area (Å²) in [5, 5.41) is 2.76. The molecule has 0 radical (unpaired) electrons. The van der Waals surface area contributed by atoms with Crippen LogP contribution in [0, 0.1) is 0 Å². The number of ketones is 1. The third-order valence-corrected chi connectivity index (χ3v) is 4.00. The van der Waals surface area contributed by atoms with E-state index in [1.807, 2.05) is 18.2 Å². The number of halogens is 1. The number of nitrogens with zero attached hydrogens (tertiary/aromatic N) is 1. The number of furan rings is 1. The molecule has 2 rings (SSSR count). The van der Waals surface area contributed by atoms with Gasteiger partial charge in [-0.05, 0) is 46.6 Å². The van der Waals surface area contributed by atoms with E-state index < -0.39 is 0 Å². The normalized spacial score (nSPS) is 10.9. The molecule has 0 spiro atoms. The number of rotatable bonds is 9. The molecular formula is C18H19BrN2O3. The summed E-state index contributed by atoms with van der Waals surface area (Å²) >= 11 is 3.33. The Morgan fingerprint density at radius 1 is 1.17 bits per heavy atom.